The highest BCUT2D eigenvalue weighted by atomic mass is 35.5. The van der Waals surface area contributed by atoms with Gasteiger partial charge in [0.1, 0.15) is 5.75 Å². The summed E-state index contributed by atoms with van der Waals surface area (Å²) in [4.78, 5) is 11.7. The van der Waals surface area contributed by atoms with E-state index < -0.39 is 0 Å². The molecule has 4 nitrogen and oxygen atoms in total. The van der Waals surface area contributed by atoms with Crippen molar-refractivity contribution in [1.29, 1.82) is 0 Å². The van der Waals surface area contributed by atoms with Gasteiger partial charge in [-0.15, -0.1) is 12.4 Å². The van der Waals surface area contributed by atoms with Crippen LogP contribution in [-0.4, -0.2) is 32.1 Å². The van der Waals surface area contributed by atoms with Crippen molar-refractivity contribution in [3.8, 4) is 5.75 Å². The maximum Gasteiger partial charge on any atom is 0.257 e. The zero-order chi connectivity index (χ0) is 15.5. The summed E-state index contributed by atoms with van der Waals surface area (Å²) in [6, 6.07) is 7.94. The first kappa shape index (κ1) is 20.7. The lowest BCUT2D eigenvalue weighted by Crippen LogP contribution is -2.35. The van der Waals surface area contributed by atoms with Gasteiger partial charge < -0.3 is 15.4 Å². The van der Waals surface area contributed by atoms with Crippen LogP contribution in [0.1, 0.15) is 45.1 Å². The first-order valence-corrected chi connectivity index (χ1v) is 7.88. The number of carbonyl (C=O) groups is 1. The number of carbonyl (C=O) groups excluding carboxylic acids is 1. The molecule has 2 N–H and O–H groups in total. The number of nitrogens with one attached hydrogen (secondary N) is 2. The highest BCUT2D eigenvalue weighted by Gasteiger charge is 2.10. The molecule has 5 heteroatoms. The summed E-state index contributed by atoms with van der Waals surface area (Å²) in [6.45, 7) is 8.92. The summed E-state index contributed by atoms with van der Waals surface area (Å²) in [7, 11) is 0. The first-order valence-electron chi connectivity index (χ1n) is 7.88. The minimum Gasteiger partial charge on any atom is -0.483 e. The van der Waals surface area contributed by atoms with Crippen molar-refractivity contribution in [2.45, 2.75) is 39.5 Å². The third-order valence-electron chi connectivity index (χ3n) is 3.47. The van der Waals surface area contributed by atoms with Crippen LogP contribution >= 0.6 is 12.4 Å². The highest BCUT2D eigenvalue weighted by Crippen LogP contribution is 2.28. The zero-order valence-corrected chi connectivity index (χ0v) is 14.7. The van der Waals surface area contributed by atoms with Gasteiger partial charge >= 0.3 is 0 Å². The van der Waals surface area contributed by atoms with Crippen molar-refractivity contribution in [1.82, 2.24) is 10.6 Å². The van der Waals surface area contributed by atoms with Crippen LogP contribution in [0.3, 0.4) is 0 Å². The molecule has 0 aliphatic rings. The SMILES string of the molecule is CCCNCCNC(=O)COc1ccccc1C(C)CC.Cl. The molecule has 0 radical (unpaired) electrons. The maximum absolute atomic E-state index is 11.7. The Morgan fingerprint density at radius 2 is 1.91 bits per heavy atom. The number of hydrogen-bond donors (Lipinski definition) is 2. The summed E-state index contributed by atoms with van der Waals surface area (Å²) < 4.78 is 5.67. The fraction of sp³-hybridized carbons (Fsp3) is 0.588. The fourth-order valence-corrected chi connectivity index (χ4v) is 2.03. The van der Waals surface area contributed by atoms with E-state index >= 15 is 0 Å². The van der Waals surface area contributed by atoms with Gasteiger partial charge in [-0.2, -0.15) is 0 Å². The van der Waals surface area contributed by atoms with Crippen LogP contribution < -0.4 is 15.4 Å². The Bertz CT molecular complexity index is 427. The van der Waals surface area contributed by atoms with Crippen LogP contribution in [-0.2, 0) is 4.79 Å². The Kier molecular flexibility index (Phi) is 11.6. The van der Waals surface area contributed by atoms with Crippen LogP contribution in [0.2, 0.25) is 0 Å². The van der Waals surface area contributed by atoms with Crippen molar-refractivity contribution >= 4 is 18.3 Å². The van der Waals surface area contributed by atoms with Gasteiger partial charge in [0.05, 0.1) is 0 Å². The van der Waals surface area contributed by atoms with Gasteiger partial charge in [-0.3, -0.25) is 4.79 Å². The van der Waals surface area contributed by atoms with E-state index in [9.17, 15) is 4.79 Å². The minimum atomic E-state index is -0.0766. The molecule has 1 atom stereocenters. The summed E-state index contributed by atoms with van der Waals surface area (Å²) >= 11 is 0. The van der Waals surface area contributed by atoms with Gasteiger partial charge in [0.25, 0.3) is 5.91 Å². The van der Waals surface area contributed by atoms with Gasteiger partial charge in [-0.05, 0) is 36.9 Å². The minimum absolute atomic E-state index is 0. The van der Waals surface area contributed by atoms with E-state index in [1.165, 1.54) is 0 Å². The van der Waals surface area contributed by atoms with Crippen molar-refractivity contribution in [3.63, 3.8) is 0 Å². The lowest BCUT2D eigenvalue weighted by atomic mass is 9.98. The zero-order valence-electron chi connectivity index (χ0n) is 13.9. The molecule has 126 valence electrons. The molecule has 1 rings (SSSR count). The van der Waals surface area contributed by atoms with Crippen LogP contribution in [0.5, 0.6) is 5.75 Å². The van der Waals surface area contributed by atoms with Gasteiger partial charge in [-0.1, -0.05) is 39.0 Å². The van der Waals surface area contributed by atoms with E-state index in [-0.39, 0.29) is 24.9 Å². The molecule has 0 bridgehead atoms. The smallest absolute Gasteiger partial charge is 0.257 e. The normalized spacial score (nSPS) is 11.4. The summed E-state index contributed by atoms with van der Waals surface area (Å²) in [6.07, 6.45) is 2.15. The number of benzene rings is 1. The molecule has 1 unspecified atom stereocenters. The Morgan fingerprint density at radius 1 is 1.18 bits per heavy atom. The molecule has 0 heterocycles. The maximum atomic E-state index is 11.7. The van der Waals surface area contributed by atoms with Crippen LogP contribution in [0.4, 0.5) is 0 Å². The quantitative estimate of drug-likeness (QED) is 0.649. The molecule has 0 fully saturated rings. The predicted octanol–water partition coefficient (Wildman–Crippen LogP) is 3.12. The summed E-state index contributed by atoms with van der Waals surface area (Å²) in [5.74, 6) is 1.17. The largest absolute Gasteiger partial charge is 0.483 e. The standard InChI is InChI=1S/C17H28N2O2.ClH/c1-4-10-18-11-12-19-17(20)13-21-16-9-7-6-8-15(16)14(3)5-2;/h6-9,14,18H,4-5,10-13H2,1-3H3,(H,19,20);1H. The molecule has 0 aliphatic carbocycles. The molecule has 1 amide bonds. The number of para-hydroxylation sites is 1. The van der Waals surface area contributed by atoms with E-state index in [0.717, 1.165) is 37.2 Å². The van der Waals surface area contributed by atoms with Crippen molar-refractivity contribution < 1.29 is 9.53 Å². The lowest BCUT2D eigenvalue weighted by Gasteiger charge is -2.15. The Hall–Kier alpha value is -1.26. The summed E-state index contributed by atoms with van der Waals surface area (Å²) in [5.41, 5.74) is 1.16. The lowest BCUT2D eigenvalue weighted by molar-refractivity contribution is -0.123. The third-order valence-corrected chi connectivity index (χ3v) is 3.47. The summed E-state index contributed by atoms with van der Waals surface area (Å²) in [5, 5.41) is 6.09. The molecule has 0 saturated carbocycles. The van der Waals surface area contributed by atoms with E-state index in [1.54, 1.807) is 0 Å². The predicted molar refractivity (Wildman–Crippen MR) is 94.1 cm³/mol. The van der Waals surface area contributed by atoms with Gasteiger partial charge in [0, 0.05) is 13.1 Å². The average molecular weight is 329 g/mol. The monoisotopic (exact) mass is 328 g/mol. The van der Waals surface area contributed by atoms with Crippen LogP contribution in [0.25, 0.3) is 0 Å². The van der Waals surface area contributed by atoms with Crippen molar-refractivity contribution in [2.75, 3.05) is 26.2 Å². The number of halogens is 1. The van der Waals surface area contributed by atoms with E-state index in [0.29, 0.717) is 12.5 Å². The number of hydrogen-bond acceptors (Lipinski definition) is 3. The van der Waals surface area contributed by atoms with E-state index in [2.05, 4.69) is 37.5 Å². The third kappa shape index (κ3) is 7.66. The second kappa shape index (κ2) is 12.3. The number of rotatable bonds is 10. The molecule has 0 saturated heterocycles. The number of ether oxygens (including phenoxy) is 1. The van der Waals surface area contributed by atoms with Gasteiger partial charge in [-0.25, -0.2) is 0 Å². The molecular formula is C17H29ClN2O2. The van der Waals surface area contributed by atoms with Crippen LogP contribution in [0, 0.1) is 0 Å². The Morgan fingerprint density at radius 3 is 2.59 bits per heavy atom. The number of amides is 1. The molecule has 1 aromatic carbocycles. The first-order chi connectivity index (χ1) is 10.2. The van der Waals surface area contributed by atoms with Gasteiger partial charge in [0.2, 0.25) is 0 Å². The second-order valence-corrected chi connectivity index (χ2v) is 5.24. The molecule has 0 spiro atoms. The van der Waals surface area contributed by atoms with Crippen molar-refractivity contribution in [2.24, 2.45) is 0 Å². The topological polar surface area (TPSA) is 50.4 Å². The van der Waals surface area contributed by atoms with Crippen molar-refractivity contribution in [3.05, 3.63) is 29.8 Å². The molecule has 22 heavy (non-hydrogen) atoms. The molecule has 0 aromatic heterocycles. The molecular weight excluding hydrogens is 300 g/mol. The fourth-order valence-electron chi connectivity index (χ4n) is 2.03. The van der Waals surface area contributed by atoms with E-state index in [1.807, 2.05) is 18.2 Å². The van der Waals surface area contributed by atoms with E-state index in [4.69, 9.17) is 4.74 Å². The highest BCUT2D eigenvalue weighted by molar-refractivity contribution is 5.85. The average Bonchev–Trinajstić information content (AvgIpc) is 2.52. The van der Waals surface area contributed by atoms with Crippen LogP contribution in [0.15, 0.2) is 24.3 Å². The molecule has 0 aliphatic heterocycles. The Labute approximate surface area is 140 Å². The second-order valence-electron chi connectivity index (χ2n) is 5.24. The van der Waals surface area contributed by atoms with Gasteiger partial charge in [0.15, 0.2) is 6.61 Å². The molecule has 1 aromatic rings. The Balaban J connectivity index is 0.00000441.